The lowest BCUT2D eigenvalue weighted by Gasteiger charge is -2.09. The highest BCUT2D eigenvalue weighted by molar-refractivity contribution is 5.90. The van der Waals surface area contributed by atoms with Crippen LogP contribution in [0.15, 0.2) is 18.2 Å². The van der Waals surface area contributed by atoms with Gasteiger partial charge in [-0.15, -0.1) is 0 Å². The van der Waals surface area contributed by atoms with E-state index < -0.39 is 5.82 Å². The summed E-state index contributed by atoms with van der Waals surface area (Å²) in [7, 11) is 0. The van der Waals surface area contributed by atoms with Crippen molar-refractivity contribution >= 4 is 11.6 Å². The van der Waals surface area contributed by atoms with Gasteiger partial charge < -0.3 is 15.8 Å². The highest BCUT2D eigenvalue weighted by atomic mass is 19.1. The number of hydrogen-bond donors (Lipinski definition) is 2. The molecule has 1 aromatic carbocycles. The molecule has 112 valence electrons. The molecule has 4 nitrogen and oxygen atoms in total. The summed E-state index contributed by atoms with van der Waals surface area (Å²) in [5.41, 5.74) is 5.95. The third kappa shape index (κ3) is 4.85. The minimum Gasteiger partial charge on any atom is -0.378 e. The normalized spacial score (nSPS) is 17.1. The van der Waals surface area contributed by atoms with E-state index in [4.69, 9.17) is 10.5 Å². The highest BCUT2D eigenvalue weighted by Crippen LogP contribution is 2.18. The lowest BCUT2D eigenvalue weighted by molar-refractivity contribution is -0.116. The molecule has 1 aliphatic heterocycles. The third-order valence-corrected chi connectivity index (χ3v) is 3.30. The molecule has 0 saturated carbocycles. The Kier molecular flexibility index (Phi) is 5.73. The Hall–Kier alpha value is -1.90. The molecule has 1 fully saturated rings. The second-order valence-electron chi connectivity index (χ2n) is 4.92. The zero-order valence-corrected chi connectivity index (χ0v) is 11.8. The summed E-state index contributed by atoms with van der Waals surface area (Å²) in [6.07, 6.45) is 3.33. The number of carbonyl (C=O) groups is 1. The molecule has 2 rings (SSSR count). The van der Waals surface area contributed by atoms with Crippen LogP contribution in [0.5, 0.6) is 0 Å². The summed E-state index contributed by atoms with van der Waals surface area (Å²) in [5, 5.41) is 2.68. The summed E-state index contributed by atoms with van der Waals surface area (Å²) in [6, 6.07) is 4.44. The Morgan fingerprint density at radius 3 is 3.05 bits per heavy atom. The number of rotatable bonds is 4. The molecule has 21 heavy (non-hydrogen) atoms. The van der Waals surface area contributed by atoms with Crippen molar-refractivity contribution in [1.29, 1.82) is 0 Å². The molecule has 1 unspecified atom stereocenters. The lowest BCUT2D eigenvalue weighted by atomic mass is 10.1. The topological polar surface area (TPSA) is 64.3 Å². The number of halogens is 1. The molecule has 1 saturated heterocycles. The van der Waals surface area contributed by atoms with Crippen LogP contribution in [0.3, 0.4) is 0 Å². The van der Waals surface area contributed by atoms with Gasteiger partial charge in [0.05, 0.1) is 18.2 Å². The molecule has 0 bridgehead atoms. The van der Waals surface area contributed by atoms with Gasteiger partial charge in [-0.25, -0.2) is 4.39 Å². The standard InChI is InChI=1S/C16H19FN2O2/c17-15-11-13(6-5-12(15)3-1-9-18)19-16(20)8-7-14-4-2-10-21-14/h5-6,11,14H,2,4,7-10,18H2,(H,19,20). The fraction of sp³-hybridized carbons (Fsp3) is 0.438. The van der Waals surface area contributed by atoms with Gasteiger partial charge in [-0.05, 0) is 37.5 Å². The van der Waals surface area contributed by atoms with Crippen LogP contribution in [0.1, 0.15) is 31.2 Å². The van der Waals surface area contributed by atoms with Gasteiger partial charge in [-0.2, -0.15) is 0 Å². The van der Waals surface area contributed by atoms with E-state index in [2.05, 4.69) is 17.2 Å². The molecule has 5 heteroatoms. The number of nitrogens with two attached hydrogens (primary N) is 1. The van der Waals surface area contributed by atoms with Gasteiger partial charge in [0.15, 0.2) is 0 Å². The Morgan fingerprint density at radius 2 is 2.38 bits per heavy atom. The van der Waals surface area contributed by atoms with Crippen LogP contribution in [-0.4, -0.2) is 25.2 Å². The maximum Gasteiger partial charge on any atom is 0.224 e. The molecule has 0 aromatic heterocycles. The van der Waals surface area contributed by atoms with Gasteiger partial charge in [-0.3, -0.25) is 4.79 Å². The first-order chi connectivity index (χ1) is 10.2. The van der Waals surface area contributed by atoms with E-state index >= 15 is 0 Å². The first-order valence-electron chi connectivity index (χ1n) is 7.09. The minimum absolute atomic E-state index is 0.134. The lowest BCUT2D eigenvalue weighted by Crippen LogP contribution is -2.15. The van der Waals surface area contributed by atoms with Crippen molar-refractivity contribution in [2.75, 3.05) is 18.5 Å². The van der Waals surface area contributed by atoms with Gasteiger partial charge in [0, 0.05) is 18.7 Å². The van der Waals surface area contributed by atoms with E-state index in [0.29, 0.717) is 18.5 Å². The van der Waals surface area contributed by atoms with Crippen LogP contribution in [0, 0.1) is 17.7 Å². The number of hydrogen-bond acceptors (Lipinski definition) is 3. The molecule has 1 heterocycles. The summed E-state index contributed by atoms with van der Waals surface area (Å²) >= 11 is 0. The van der Waals surface area contributed by atoms with Gasteiger partial charge in [0.25, 0.3) is 0 Å². The monoisotopic (exact) mass is 290 g/mol. The van der Waals surface area contributed by atoms with Gasteiger partial charge in [0.2, 0.25) is 5.91 Å². The Morgan fingerprint density at radius 1 is 1.52 bits per heavy atom. The van der Waals surface area contributed by atoms with Crippen molar-refractivity contribution in [3.63, 3.8) is 0 Å². The highest BCUT2D eigenvalue weighted by Gasteiger charge is 2.16. The van der Waals surface area contributed by atoms with Crippen LogP contribution >= 0.6 is 0 Å². The van der Waals surface area contributed by atoms with Crippen molar-refractivity contribution in [1.82, 2.24) is 0 Å². The van der Waals surface area contributed by atoms with Gasteiger partial charge in [0.1, 0.15) is 5.82 Å². The van der Waals surface area contributed by atoms with Crippen molar-refractivity contribution < 1.29 is 13.9 Å². The molecule has 3 N–H and O–H groups in total. The fourth-order valence-corrected chi connectivity index (χ4v) is 2.23. The Bertz CT molecular complexity index is 557. The quantitative estimate of drug-likeness (QED) is 0.834. The zero-order valence-electron chi connectivity index (χ0n) is 11.8. The predicted molar refractivity (Wildman–Crippen MR) is 79.2 cm³/mol. The molecule has 1 atom stereocenters. The van der Waals surface area contributed by atoms with E-state index in [1.165, 1.54) is 12.1 Å². The smallest absolute Gasteiger partial charge is 0.224 e. The van der Waals surface area contributed by atoms with Crippen molar-refractivity contribution in [3.05, 3.63) is 29.6 Å². The van der Waals surface area contributed by atoms with E-state index in [0.717, 1.165) is 19.4 Å². The summed E-state index contributed by atoms with van der Waals surface area (Å²) in [4.78, 5) is 11.8. The van der Waals surface area contributed by atoms with Crippen molar-refractivity contribution in [2.45, 2.75) is 31.8 Å². The molecule has 0 radical (unpaired) electrons. The first-order valence-corrected chi connectivity index (χ1v) is 7.09. The van der Waals surface area contributed by atoms with Crippen molar-refractivity contribution in [2.24, 2.45) is 5.73 Å². The van der Waals surface area contributed by atoms with Crippen LogP contribution in [0.4, 0.5) is 10.1 Å². The maximum absolute atomic E-state index is 13.7. The molecule has 0 spiro atoms. The van der Waals surface area contributed by atoms with Crippen LogP contribution in [-0.2, 0) is 9.53 Å². The molecule has 1 aliphatic rings. The fourth-order valence-electron chi connectivity index (χ4n) is 2.23. The number of carbonyl (C=O) groups excluding carboxylic acids is 1. The largest absolute Gasteiger partial charge is 0.378 e. The Balaban J connectivity index is 1.87. The number of anilines is 1. The predicted octanol–water partition coefficient (Wildman–Crippen LogP) is 2.03. The van der Waals surface area contributed by atoms with Crippen molar-refractivity contribution in [3.8, 4) is 11.8 Å². The van der Waals surface area contributed by atoms with Crippen LogP contribution in [0.25, 0.3) is 0 Å². The summed E-state index contributed by atoms with van der Waals surface area (Å²) in [6.45, 7) is 0.962. The zero-order chi connectivity index (χ0) is 15.1. The third-order valence-electron chi connectivity index (χ3n) is 3.30. The minimum atomic E-state index is -0.465. The van der Waals surface area contributed by atoms with Crippen LogP contribution < -0.4 is 11.1 Å². The van der Waals surface area contributed by atoms with Gasteiger partial charge >= 0.3 is 0 Å². The van der Waals surface area contributed by atoms with Crippen LogP contribution in [0.2, 0.25) is 0 Å². The molecular weight excluding hydrogens is 271 g/mol. The summed E-state index contributed by atoms with van der Waals surface area (Å²) < 4.78 is 19.2. The second kappa shape index (κ2) is 7.77. The average molecular weight is 290 g/mol. The number of ether oxygens (including phenoxy) is 1. The number of amides is 1. The maximum atomic E-state index is 13.7. The Labute approximate surface area is 123 Å². The van der Waals surface area contributed by atoms with E-state index in [1.807, 2.05) is 0 Å². The van der Waals surface area contributed by atoms with E-state index in [9.17, 15) is 9.18 Å². The number of nitrogens with one attached hydrogen (secondary N) is 1. The molecule has 1 amide bonds. The molecule has 1 aromatic rings. The summed E-state index contributed by atoms with van der Waals surface area (Å²) in [5.74, 6) is 4.63. The average Bonchev–Trinajstić information content (AvgIpc) is 2.98. The van der Waals surface area contributed by atoms with E-state index in [-0.39, 0.29) is 24.1 Å². The molecular formula is C16H19FN2O2. The second-order valence-corrected chi connectivity index (χ2v) is 4.92. The van der Waals surface area contributed by atoms with E-state index in [1.54, 1.807) is 6.07 Å². The number of benzene rings is 1. The van der Waals surface area contributed by atoms with Gasteiger partial charge in [-0.1, -0.05) is 11.8 Å². The first kappa shape index (κ1) is 15.5. The SMILES string of the molecule is NCC#Cc1ccc(NC(=O)CCC2CCCO2)cc1F. The molecule has 0 aliphatic carbocycles.